The number of ether oxygens (including phenoxy) is 1. The lowest BCUT2D eigenvalue weighted by Gasteiger charge is -2.12. The minimum Gasteiger partial charge on any atom is -0.504 e. The van der Waals surface area contributed by atoms with Crippen LogP contribution < -0.4 is 10.1 Å². The minimum atomic E-state index is 0.132. The number of pyridine rings is 1. The monoisotopic (exact) mass is 404 g/mol. The molecule has 1 aromatic carbocycles. The number of phenols is 1. The first kappa shape index (κ1) is 19.6. The quantitative estimate of drug-likeness (QED) is 0.483. The van der Waals surface area contributed by atoms with E-state index in [-0.39, 0.29) is 11.8 Å². The van der Waals surface area contributed by atoms with Crippen molar-refractivity contribution >= 4 is 17.0 Å². The van der Waals surface area contributed by atoms with Gasteiger partial charge in [0.15, 0.2) is 28.8 Å². The van der Waals surface area contributed by atoms with E-state index in [9.17, 15) is 5.11 Å². The molecule has 0 unspecified atom stereocenters. The second-order valence-electron chi connectivity index (χ2n) is 7.24. The largest absolute Gasteiger partial charge is 0.504 e. The van der Waals surface area contributed by atoms with E-state index < -0.39 is 0 Å². The molecule has 8 nitrogen and oxygen atoms in total. The fourth-order valence-corrected chi connectivity index (χ4v) is 3.24. The Morgan fingerprint density at radius 1 is 1.20 bits per heavy atom. The van der Waals surface area contributed by atoms with Gasteiger partial charge in [-0.1, -0.05) is 6.07 Å². The van der Waals surface area contributed by atoms with E-state index in [4.69, 9.17) is 14.7 Å². The Bertz CT molecular complexity index is 1160. The maximum Gasteiger partial charge on any atom is 0.166 e. The van der Waals surface area contributed by atoms with Gasteiger partial charge in [-0.05, 0) is 50.1 Å². The molecule has 4 rings (SSSR count). The standard InChI is InChI=1S/C22H24N6O2/c1-14(2)28-13-25-19-21(24-10-8-15-6-7-17(29)18(11-15)30-3)26-20(27-22(19)28)16-5-4-9-23-12-16/h4-7,9,11-14,29H,8,10H2,1-3H3,(H,24,26,27). The molecule has 0 atom stereocenters. The summed E-state index contributed by atoms with van der Waals surface area (Å²) in [5, 5.41) is 13.2. The molecular weight excluding hydrogens is 380 g/mol. The van der Waals surface area contributed by atoms with Crippen LogP contribution in [0.4, 0.5) is 5.82 Å². The molecule has 0 saturated heterocycles. The lowest BCUT2D eigenvalue weighted by molar-refractivity contribution is 0.373. The predicted octanol–water partition coefficient (Wildman–Crippen LogP) is 3.84. The highest BCUT2D eigenvalue weighted by molar-refractivity contribution is 5.85. The van der Waals surface area contributed by atoms with Crippen molar-refractivity contribution < 1.29 is 9.84 Å². The van der Waals surface area contributed by atoms with Gasteiger partial charge in [0.1, 0.15) is 5.52 Å². The third-order valence-corrected chi connectivity index (χ3v) is 4.85. The summed E-state index contributed by atoms with van der Waals surface area (Å²) in [6.45, 7) is 4.83. The zero-order valence-electron chi connectivity index (χ0n) is 17.2. The van der Waals surface area contributed by atoms with Crippen LogP contribution in [0.25, 0.3) is 22.6 Å². The summed E-state index contributed by atoms with van der Waals surface area (Å²) in [4.78, 5) is 18.2. The Morgan fingerprint density at radius 3 is 2.80 bits per heavy atom. The number of nitrogens with zero attached hydrogens (tertiary/aromatic N) is 5. The number of nitrogens with one attached hydrogen (secondary N) is 1. The van der Waals surface area contributed by atoms with Gasteiger partial charge < -0.3 is 19.7 Å². The highest BCUT2D eigenvalue weighted by atomic mass is 16.5. The van der Waals surface area contributed by atoms with Gasteiger partial charge in [0.2, 0.25) is 0 Å². The number of aromatic nitrogens is 5. The van der Waals surface area contributed by atoms with Crippen LogP contribution in [-0.4, -0.2) is 43.3 Å². The zero-order valence-corrected chi connectivity index (χ0v) is 17.2. The van der Waals surface area contributed by atoms with Gasteiger partial charge in [0.05, 0.1) is 13.4 Å². The number of fused-ring (bicyclic) bond motifs is 1. The normalized spacial score (nSPS) is 11.2. The first-order chi connectivity index (χ1) is 14.6. The number of imidazole rings is 1. The molecule has 30 heavy (non-hydrogen) atoms. The Morgan fingerprint density at radius 2 is 2.07 bits per heavy atom. The first-order valence-corrected chi connectivity index (χ1v) is 9.81. The molecule has 4 aromatic rings. The Kier molecular flexibility index (Phi) is 5.47. The topological polar surface area (TPSA) is 98.0 Å². The second-order valence-corrected chi connectivity index (χ2v) is 7.24. The number of hydrogen-bond acceptors (Lipinski definition) is 7. The molecule has 0 radical (unpaired) electrons. The van der Waals surface area contributed by atoms with Crippen LogP contribution in [0.3, 0.4) is 0 Å². The number of aromatic hydroxyl groups is 1. The van der Waals surface area contributed by atoms with E-state index >= 15 is 0 Å². The molecule has 0 saturated carbocycles. The van der Waals surface area contributed by atoms with E-state index in [1.54, 1.807) is 31.9 Å². The summed E-state index contributed by atoms with van der Waals surface area (Å²) in [5.41, 5.74) is 3.41. The van der Waals surface area contributed by atoms with Crippen LogP contribution in [0, 0.1) is 0 Å². The molecule has 3 aromatic heterocycles. The number of benzene rings is 1. The molecule has 154 valence electrons. The van der Waals surface area contributed by atoms with E-state index in [1.165, 1.54) is 0 Å². The van der Waals surface area contributed by atoms with Crippen molar-refractivity contribution in [1.29, 1.82) is 0 Å². The summed E-state index contributed by atoms with van der Waals surface area (Å²) < 4.78 is 7.22. The number of hydrogen-bond donors (Lipinski definition) is 2. The van der Waals surface area contributed by atoms with E-state index in [1.807, 2.05) is 28.8 Å². The fourth-order valence-electron chi connectivity index (χ4n) is 3.24. The van der Waals surface area contributed by atoms with Crippen molar-refractivity contribution in [3.05, 3.63) is 54.6 Å². The summed E-state index contributed by atoms with van der Waals surface area (Å²) in [6.07, 6.45) is 6.01. The molecule has 2 N–H and O–H groups in total. The van der Waals surface area contributed by atoms with Gasteiger partial charge in [0.25, 0.3) is 0 Å². The highest BCUT2D eigenvalue weighted by Crippen LogP contribution is 2.27. The van der Waals surface area contributed by atoms with Gasteiger partial charge in [-0.25, -0.2) is 15.0 Å². The van der Waals surface area contributed by atoms with Crippen molar-refractivity contribution in [2.75, 3.05) is 19.0 Å². The molecule has 3 heterocycles. The Labute approximate surface area is 174 Å². The first-order valence-electron chi connectivity index (χ1n) is 9.81. The maximum atomic E-state index is 9.77. The third-order valence-electron chi connectivity index (χ3n) is 4.85. The zero-order chi connectivity index (χ0) is 21.1. The van der Waals surface area contributed by atoms with Gasteiger partial charge in [-0.15, -0.1) is 0 Å². The fraction of sp³-hybridized carbons (Fsp3) is 0.273. The van der Waals surface area contributed by atoms with E-state index in [0.717, 1.165) is 28.7 Å². The lowest BCUT2D eigenvalue weighted by atomic mass is 10.1. The van der Waals surface area contributed by atoms with E-state index in [0.29, 0.717) is 23.9 Å². The molecule has 0 aliphatic carbocycles. The van der Waals surface area contributed by atoms with Crippen molar-refractivity contribution in [3.63, 3.8) is 0 Å². The average Bonchev–Trinajstić information content (AvgIpc) is 3.20. The molecule has 0 aliphatic rings. The van der Waals surface area contributed by atoms with Crippen molar-refractivity contribution in [1.82, 2.24) is 24.5 Å². The Balaban J connectivity index is 1.64. The van der Waals surface area contributed by atoms with E-state index in [2.05, 4.69) is 29.1 Å². The van der Waals surface area contributed by atoms with Crippen molar-refractivity contribution in [2.45, 2.75) is 26.3 Å². The summed E-state index contributed by atoms with van der Waals surface area (Å²) >= 11 is 0. The molecule has 0 spiro atoms. The minimum absolute atomic E-state index is 0.132. The van der Waals surface area contributed by atoms with Crippen molar-refractivity contribution in [2.24, 2.45) is 0 Å². The number of anilines is 1. The van der Waals surface area contributed by atoms with Crippen LogP contribution in [0.1, 0.15) is 25.5 Å². The van der Waals surface area contributed by atoms with Crippen LogP contribution in [0.15, 0.2) is 49.1 Å². The van der Waals surface area contributed by atoms with Gasteiger partial charge in [-0.2, -0.15) is 0 Å². The average molecular weight is 404 g/mol. The van der Waals surface area contributed by atoms with Crippen LogP contribution in [0.5, 0.6) is 11.5 Å². The third kappa shape index (κ3) is 3.89. The van der Waals surface area contributed by atoms with Gasteiger partial charge in [0, 0.05) is 30.5 Å². The molecule has 8 heteroatoms. The smallest absolute Gasteiger partial charge is 0.166 e. The number of methoxy groups -OCH3 is 1. The van der Waals surface area contributed by atoms with Gasteiger partial charge in [-0.3, -0.25) is 4.98 Å². The molecule has 0 aliphatic heterocycles. The lowest BCUT2D eigenvalue weighted by Crippen LogP contribution is -2.09. The SMILES string of the molecule is COc1cc(CCNc2nc(-c3cccnc3)nc3c2ncn3C(C)C)ccc1O. The summed E-state index contributed by atoms with van der Waals surface area (Å²) in [7, 11) is 1.54. The van der Waals surface area contributed by atoms with Crippen LogP contribution in [0.2, 0.25) is 0 Å². The van der Waals surface area contributed by atoms with Crippen LogP contribution >= 0.6 is 0 Å². The molecule has 0 amide bonds. The highest BCUT2D eigenvalue weighted by Gasteiger charge is 2.16. The summed E-state index contributed by atoms with van der Waals surface area (Å²) in [6, 6.07) is 9.39. The van der Waals surface area contributed by atoms with Crippen molar-refractivity contribution in [3.8, 4) is 22.9 Å². The number of phenolic OH excluding ortho intramolecular Hbond substituents is 1. The number of rotatable bonds is 7. The molecule has 0 bridgehead atoms. The Hall–Kier alpha value is -3.68. The van der Waals surface area contributed by atoms with Crippen LogP contribution in [-0.2, 0) is 6.42 Å². The van der Waals surface area contributed by atoms with Gasteiger partial charge >= 0.3 is 0 Å². The second kappa shape index (κ2) is 8.36. The predicted molar refractivity (Wildman–Crippen MR) is 116 cm³/mol. The molecular formula is C22H24N6O2. The molecule has 0 fully saturated rings. The summed E-state index contributed by atoms with van der Waals surface area (Å²) in [5.74, 6) is 1.88. The maximum absolute atomic E-state index is 9.77.